The van der Waals surface area contributed by atoms with Gasteiger partial charge in [-0.2, -0.15) is 0 Å². The van der Waals surface area contributed by atoms with Crippen molar-refractivity contribution in [1.29, 1.82) is 0 Å². The molecule has 2 rings (SSSR count). The van der Waals surface area contributed by atoms with Gasteiger partial charge in [0.15, 0.2) is 0 Å². The van der Waals surface area contributed by atoms with E-state index < -0.39 is 11.4 Å². The highest BCUT2D eigenvalue weighted by atomic mass is 16.4. The Morgan fingerprint density at radius 2 is 2.13 bits per heavy atom. The van der Waals surface area contributed by atoms with Crippen molar-refractivity contribution in [2.24, 2.45) is 11.3 Å². The van der Waals surface area contributed by atoms with E-state index in [1.807, 2.05) is 25.1 Å². The third-order valence-electron chi connectivity index (χ3n) is 3.61. The molecule has 0 bridgehead atoms. The minimum atomic E-state index is -0.620. The second-order valence-corrected chi connectivity index (χ2v) is 4.41. The van der Waals surface area contributed by atoms with E-state index in [1.54, 1.807) is 0 Å². The molecule has 0 aromatic heterocycles. The van der Waals surface area contributed by atoms with Crippen LogP contribution in [-0.2, 0) is 11.2 Å². The van der Waals surface area contributed by atoms with Gasteiger partial charge < -0.3 is 5.11 Å². The van der Waals surface area contributed by atoms with Crippen LogP contribution in [0.3, 0.4) is 0 Å². The van der Waals surface area contributed by atoms with Gasteiger partial charge in [0.05, 0.1) is 5.41 Å². The van der Waals surface area contributed by atoms with Gasteiger partial charge in [0, 0.05) is 0 Å². The zero-order valence-corrected chi connectivity index (χ0v) is 8.94. The Morgan fingerprint density at radius 3 is 2.60 bits per heavy atom. The van der Waals surface area contributed by atoms with E-state index in [0.29, 0.717) is 5.92 Å². The van der Waals surface area contributed by atoms with Crippen molar-refractivity contribution < 1.29 is 9.90 Å². The summed E-state index contributed by atoms with van der Waals surface area (Å²) >= 11 is 0. The molecule has 0 amide bonds. The second-order valence-electron chi connectivity index (χ2n) is 4.41. The molecule has 0 heterocycles. The van der Waals surface area contributed by atoms with Crippen molar-refractivity contribution in [3.8, 4) is 0 Å². The summed E-state index contributed by atoms with van der Waals surface area (Å²) in [6, 6.07) is 10.1. The van der Waals surface area contributed by atoms with Crippen molar-refractivity contribution in [2.75, 3.05) is 0 Å². The summed E-state index contributed by atoms with van der Waals surface area (Å²) in [7, 11) is 0. The van der Waals surface area contributed by atoms with E-state index in [4.69, 9.17) is 5.11 Å². The summed E-state index contributed by atoms with van der Waals surface area (Å²) in [6.45, 7) is 1.97. The Balaban J connectivity index is 2.03. The molecule has 2 unspecified atom stereocenters. The number of carbonyl (C=O) groups is 1. The van der Waals surface area contributed by atoms with E-state index >= 15 is 0 Å². The zero-order valence-electron chi connectivity index (χ0n) is 8.94. The summed E-state index contributed by atoms with van der Waals surface area (Å²) in [5.74, 6) is -0.284. The van der Waals surface area contributed by atoms with Crippen molar-refractivity contribution in [2.45, 2.75) is 26.2 Å². The van der Waals surface area contributed by atoms with Crippen LogP contribution in [0.4, 0.5) is 0 Å². The molecule has 1 aromatic carbocycles. The second kappa shape index (κ2) is 3.69. The molecule has 1 fully saturated rings. The summed E-state index contributed by atoms with van der Waals surface area (Å²) in [5.41, 5.74) is 0.828. The van der Waals surface area contributed by atoms with E-state index in [1.165, 1.54) is 5.56 Å². The average molecular weight is 204 g/mol. The summed E-state index contributed by atoms with van der Waals surface area (Å²) < 4.78 is 0. The SMILES string of the molecule is CCC1(C(=O)O)CC1Cc1ccccc1. The van der Waals surface area contributed by atoms with Gasteiger partial charge in [-0.3, -0.25) is 4.79 Å². The van der Waals surface area contributed by atoms with Crippen LogP contribution in [0.5, 0.6) is 0 Å². The molecule has 0 radical (unpaired) electrons. The van der Waals surface area contributed by atoms with Crippen molar-refractivity contribution in [1.82, 2.24) is 0 Å². The van der Waals surface area contributed by atoms with Gasteiger partial charge in [-0.25, -0.2) is 0 Å². The lowest BCUT2D eigenvalue weighted by Gasteiger charge is -2.08. The maximum absolute atomic E-state index is 11.1. The van der Waals surface area contributed by atoms with E-state index in [2.05, 4.69) is 12.1 Å². The first-order chi connectivity index (χ1) is 7.19. The van der Waals surface area contributed by atoms with E-state index in [0.717, 1.165) is 19.3 Å². The molecule has 15 heavy (non-hydrogen) atoms. The molecule has 1 aliphatic rings. The molecule has 0 saturated heterocycles. The Hall–Kier alpha value is -1.31. The fourth-order valence-corrected chi connectivity index (χ4v) is 2.39. The molecule has 2 atom stereocenters. The first-order valence-corrected chi connectivity index (χ1v) is 5.46. The molecular weight excluding hydrogens is 188 g/mol. The predicted molar refractivity (Wildman–Crippen MR) is 58.6 cm³/mol. The topological polar surface area (TPSA) is 37.3 Å². The molecule has 1 N–H and O–H groups in total. The third-order valence-corrected chi connectivity index (χ3v) is 3.61. The largest absolute Gasteiger partial charge is 0.481 e. The highest BCUT2D eigenvalue weighted by molar-refractivity contribution is 5.78. The van der Waals surface area contributed by atoms with E-state index in [-0.39, 0.29) is 0 Å². The number of hydrogen-bond acceptors (Lipinski definition) is 1. The fourth-order valence-electron chi connectivity index (χ4n) is 2.39. The smallest absolute Gasteiger partial charge is 0.309 e. The quantitative estimate of drug-likeness (QED) is 0.818. The van der Waals surface area contributed by atoms with Crippen LogP contribution in [-0.4, -0.2) is 11.1 Å². The maximum atomic E-state index is 11.1. The number of carboxylic acids is 1. The molecule has 1 aromatic rings. The van der Waals surface area contributed by atoms with Crippen LogP contribution in [0, 0.1) is 11.3 Å². The first kappa shape index (κ1) is 10.2. The van der Waals surface area contributed by atoms with Crippen LogP contribution < -0.4 is 0 Å². The Kier molecular flexibility index (Phi) is 2.51. The van der Waals surface area contributed by atoms with Gasteiger partial charge in [0.2, 0.25) is 0 Å². The average Bonchev–Trinajstić information content (AvgIpc) is 2.94. The molecule has 1 saturated carbocycles. The molecule has 0 aliphatic heterocycles. The Morgan fingerprint density at radius 1 is 1.47 bits per heavy atom. The Bertz CT molecular complexity index is 358. The minimum absolute atomic E-state index is 0.336. The van der Waals surface area contributed by atoms with Crippen LogP contribution in [0.2, 0.25) is 0 Å². The lowest BCUT2D eigenvalue weighted by atomic mass is 9.97. The lowest BCUT2D eigenvalue weighted by Crippen LogP contribution is -2.17. The van der Waals surface area contributed by atoms with Gasteiger partial charge in [-0.05, 0) is 30.7 Å². The minimum Gasteiger partial charge on any atom is -0.481 e. The third kappa shape index (κ3) is 1.76. The number of aliphatic carboxylic acids is 1. The normalized spacial score (nSPS) is 28.7. The van der Waals surface area contributed by atoms with Crippen molar-refractivity contribution in [3.05, 3.63) is 35.9 Å². The lowest BCUT2D eigenvalue weighted by molar-refractivity contribution is -0.144. The van der Waals surface area contributed by atoms with Gasteiger partial charge in [-0.1, -0.05) is 37.3 Å². The monoisotopic (exact) mass is 204 g/mol. The summed E-state index contributed by atoms with van der Waals surface area (Å²) in [5, 5.41) is 9.15. The molecule has 0 spiro atoms. The highest BCUT2D eigenvalue weighted by Crippen LogP contribution is 2.56. The summed E-state index contributed by atoms with van der Waals surface area (Å²) in [4.78, 5) is 11.1. The fraction of sp³-hybridized carbons (Fsp3) is 0.462. The van der Waals surface area contributed by atoms with Crippen LogP contribution in [0.15, 0.2) is 30.3 Å². The highest BCUT2D eigenvalue weighted by Gasteiger charge is 2.58. The Labute approximate surface area is 89.9 Å². The summed E-state index contributed by atoms with van der Waals surface area (Å²) in [6.07, 6.45) is 2.49. The maximum Gasteiger partial charge on any atom is 0.309 e. The van der Waals surface area contributed by atoms with Crippen molar-refractivity contribution >= 4 is 5.97 Å². The number of rotatable bonds is 4. The van der Waals surface area contributed by atoms with Gasteiger partial charge in [-0.15, -0.1) is 0 Å². The standard InChI is InChI=1S/C13H16O2/c1-2-13(12(14)15)9-11(13)8-10-6-4-3-5-7-10/h3-7,11H,2,8-9H2,1H3,(H,14,15). The van der Waals surface area contributed by atoms with Gasteiger partial charge >= 0.3 is 5.97 Å². The van der Waals surface area contributed by atoms with Crippen LogP contribution in [0.25, 0.3) is 0 Å². The van der Waals surface area contributed by atoms with Gasteiger partial charge in [0.1, 0.15) is 0 Å². The first-order valence-electron chi connectivity index (χ1n) is 5.46. The van der Waals surface area contributed by atoms with Crippen LogP contribution >= 0.6 is 0 Å². The zero-order chi connectivity index (χ0) is 10.9. The number of carboxylic acid groups (broad SMARTS) is 1. The van der Waals surface area contributed by atoms with Gasteiger partial charge in [0.25, 0.3) is 0 Å². The molecule has 1 aliphatic carbocycles. The predicted octanol–water partition coefficient (Wildman–Crippen LogP) is 2.73. The molecule has 2 heteroatoms. The number of benzene rings is 1. The molecule has 80 valence electrons. The molecular formula is C13H16O2. The van der Waals surface area contributed by atoms with Crippen LogP contribution in [0.1, 0.15) is 25.3 Å². The molecule has 2 nitrogen and oxygen atoms in total. The van der Waals surface area contributed by atoms with Crippen molar-refractivity contribution in [3.63, 3.8) is 0 Å². The number of hydrogen-bond donors (Lipinski definition) is 1. The van der Waals surface area contributed by atoms with E-state index in [9.17, 15) is 4.79 Å².